The number of hydrogen-bond acceptors (Lipinski definition) is 6. The van der Waals surface area contributed by atoms with E-state index >= 15 is 0 Å². The lowest BCUT2D eigenvalue weighted by Gasteiger charge is -2.30. The van der Waals surface area contributed by atoms with Crippen molar-refractivity contribution in [1.29, 1.82) is 0 Å². The first-order valence-electron chi connectivity index (χ1n) is 9.49. The van der Waals surface area contributed by atoms with Crippen LogP contribution in [0.2, 0.25) is 10.0 Å². The summed E-state index contributed by atoms with van der Waals surface area (Å²) < 4.78 is 32.9. The molecular weight excluding hydrogens is 481 g/mol. The molecule has 1 N–H and O–H groups in total. The summed E-state index contributed by atoms with van der Waals surface area (Å²) in [6, 6.07) is 9.63. The lowest BCUT2D eigenvalue weighted by atomic mass is 9.97. The summed E-state index contributed by atoms with van der Waals surface area (Å²) in [5.41, 5.74) is 0.551. The summed E-state index contributed by atoms with van der Waals surface area (Å²) in [5.74, 6) is 0.0971. The zero-order valence-electron chi connectivity index (χ0n) is 16.5. The minimum absolute atomic E-state index is 0.187. The predicted octanol–water partition coefficient (Wildman–Crippen LogP) is 4.65. The molecule has 0 unspecified atom stereocenters. The van der Waals surface area contributed by atoms with Crippen LogP contribution in [0.1, 0.15) is 12.8 Å². The van der Waals surface area contributed by atoms with Gasteiger partial charge in [-0.15, -0.1) is 0 Å². The molecule has 0 aliphatic carbocycles. The van der Waals surface area contributed by atoms with E-state index in [0.717, 1.165) is 0 Å². The topological polar surface area (TPSA) is 88.6 Å². The number of piperidine rings is 1. The predicted molar refractivity (Wildman–Crippen MR) is 123 cm³/mol. The van der Waals surface area contributed by atoms with Crippen LogP contribution < -0.4 is 10.1 Å². The van der Waals surface area contributed by atoms with Crippen LogP contribution in [0, 0.1) is 5.92 Å². The Bertz CT molecular complexity index is 1180. The number of hydrogen-bond donors (Lipinski definition) is 1. The minimum Gasteiger partial charge on any atom is -0.497 e. The van der Waals surface area contributed by atoms with Crippen LogP contribution in [0.5, 0.6) is 5.75 Å². The number of halogens is 2. The zero-order valence-corrected chi connectivity index (χ0v) is 19.6. The maximum absolute atomic E-state index is 12.9. The molecule has 4 rings (SSSR count). The number of anilines is 1. The molecule has 1 aliphatic heterocycles. The number of methoxy groups -OCH3 is 1. The van der Waals surface area contributed by atoms with Crippen LogP contribution in [0.3, 0.4) is 0 Å². The van der Waals surface area contributed by atoms with E-state index in [9.17, 15) is 13.2 Å². The third-order valence-corrected chi connectivity index (χ3v) is 8.85. The molecule has 11 heteroatoms. The van der Waals surface area contributed by atoms with Gasteiger partial charge in [0.1, 0.15) is 11.3 Å². The summed E-state index contributed by atoms with van der Waals surface area (Å²) in [5, 5.41) is 4.23. The van der Waals surface area contributed by atoms with Gasteiger partial charge in [-0.05, 0) is 49.2 Å². The molecular formula is C20H19Cl2N3O4S2. The van der Waals surface area contributed by atoms with Crippen molar-refractivity contribution in [3.05, 3.63) is 46.4 Å². The van der Waals surface area contributed by atoms with Crippen molar-refractivity contribution in [2.24, 2.45) is 5.92 Å². The molecule has 2 heterocycles. The van der Waals surface area contributed by atoms with E-state index in [1.165, 1.54) is 34.9 Å². The number of sulfonamides is 1. The fraction of sp³-hybridized carbons (Fsp3) is 0.300. The van der Waals surface area contributed by atoms with Crippen molar-refractivity contribution < 1.29 is 17.9 Å². The standard InChI is InChI=1S/C20H19Cl2N3O4S2/c1-29-13-2-4-14(5-3-13)31(27,28)25-10-8-12(9-11-25)19(26)24-20-23-17-15(21)6-7-16(22)18(17)30-20/h2-7,12H,8-11H2,1H3,(H,23,24,26). The average Bonchev–Trinajstić information content (AvgIpc) is 3.21. The van der Waals surface area contributed by atoms with Crippen molar-refractivity contribution in [1.82, 2.24) is 9.29 Å². The van der Waals surface area contributed by atoms with Gasteiger partial charge in [0.2, 0.25) is 15.9 Å². The second-order valence-corrected chi connectivity index (χ2v) is 10.8. The molecule has 0 spiro atoms. The highest BCUT2D eigenvalue weighted by atomic mass is 35.5. The molecule has 0 saturated carbocycles. The third-order valence-electron chi connectivity index (χ3n) is 5.20. The highest BCUT2D eigenvalue weighted by Crippen LogP contribution is 2.36. The Morgan fingerprint density at radius 2 is 1.77 bits per heavy atom. The Morgan fingerprint density at radius 1 is 1.13 bits per heavy atom. The largest absolute Gasteiger partial charge is 0.497 e. The normalized spacial score (nSPS) is 15.8. The molecule has 1 fully saturated rings. The van der Waals surface area contributed by atoms with Gasteiger partial charge in [-0.2, -0.15) is 4.31 Å². The van der Waals surface area contributed by atoms with E-state index in [2.05, 4.69) is 10.3 Å². The summed E-state index contributed by atoms with van der Waals surface area (Å²) in [4.78, 5) is 17.3. The molecule has 164 valence electrons. The first kappa shape index (κ1) is 22.3. The minimum atomic E-state index is -3.62. The summed E-state index contributed by atoms with van der Waals surface area (Å²) in [6.45, 7) is 0.536. The van der Waals surface area contributed by atoms with Gasteiger partial charge in [0.25, 0.3) is 0 Å². The van der Waals surface area contributed by atoms with Gasteiger partial charge in [-0.25, -0.2) is 13.4 Å². The number of nitrogens with zero attached hydrogens (tertiary/aromatic N) is 2. The summed E-state index contributed by atoms with van der Waals surface area (Å²) in [7, 11) is -2.09. The Morgan fingerprint density at radius 3 is 2.39 bits per heavy atom. The molecule has 1 aromatic heterocycles. The Kier molecular flexibility index (Phi) is 6.41. The molecule has 7 nitrogen and oxygen atoms in total. The van der Waals surface area contributed by atoms with Gasteiger partial charge < -0.3 is 10.1 Å². The van der Waals surface area contributed by atoms with E-state index in [1.54, 1.807) is 24.3 Å². The van der Waals surface area contributed by atoms with E-state index in [-0.39, 0.29) is 29.8 Å². The second kappa shape index (κ2) is 8.91. The van der Waals surface area contributed by atoms with E-state index in [0.29, 0.717) is 44.0 Å². The molecule has 0 atom stereocenters. The molecule has 1 saturated heterocycles. The van der Waals surface area contributed by atoms with E-state index < -0.39 is 10.0 Å². The third kappa shape index (κ3) is 4.51. The van der Waals surface area contributed by atoms with E-state index in [4.69, 9.17) is 27.9 Å². The monoisotopic (exact) mass is 499 g/mol. The molecule has 31 heavy (non-hydrogen) atoms. The fourth-order valence-corrected chi connectivity index (χ4v) is 6.35. The molecule has 0 radical (unpaired) electrons. The lowest BCUT2D eigenvalue weighted by molar-refractivity contribution is -0.120. The lowest BCUT2D eigenvalue weighted by Crippen LogP contribution is -2.41. The molecule has 1 aliphatic rings. The maximum atomic E-state index is 12.9. The number of fused-ring (bicyclic) bond motifs is 1. The smallest absolute Gasteiger partial charge is 0.243 e. The molecule has 1 amide bonds. The number of amides is 1. The quantitative estimate of drug-likeness (QED) is 0.551. The number of benzene rings is 2. The zero-order chi connectivity index (χ0) is 22.2. The highest BCUT2D eigenvalue weighted by molar-refractivity contribution is 7.89. The van der Waals surface area contributed by atoms with Gasteiger partial charge in [-0.1, -0.05) is 34.5 Å². The van der Waals surface area contributed by atoms with Gasteiger partial charge >= 0.3 is 0 Å². The number of ether oxygens (including phenoxy) is 1. The Balaban J connectivity index is 1.41. The fourth-order valence-electron chi connectivity index (χ4n) is 3.46. The van der Waals surface area contributed by atoms with E-state index in [1.807, 2.05) is 0 Å². The maximum Gasteiger partial charge on any atom is 0.243 e. The summed E-state index contributed by atoms with van der Waals surface area (Å²) in [6.07, 6.45) is 0.848. The number of aromatic nitrogens is 1. The molecule has 0 bridgehead atoms. The van der Waals surface area contributed by atoms with Crippen LogP contribution in [0.4, 0.5) is 5.13 Å². The first-order chi connectivity index (χ1) is 14.8. The van der Waals surface area contributed by atoms with Crippen LogP contribution in [0.25, 0.3) is 10.2 Å². The molecule has 3 aromatic rings. The van der Waals surface area contributed by atoms with Crippen LogP contribution in [0.15, 0.2) is 41.3 Å². The van der Waals surface area contributed by atoms with Crippen molar-refractivity contribution in [2.75, 3.05) is 25.5 Å². The number of nitrogens with one attached hydrogen (secondary N) is 1. The number of carbonyl (C=O) groups is 1. The van der Waals surface area contributed by atoms with Crippen LogP contribution in [-0.4, -0.2) is 43.8 Å². The van der Waals surface area contributed by atoms with Gasteiger partial charge in [0.05, 0.1) is 26.8 Å². The Labute approximate surface area is 194 Å². The van der Waals surface area contributed by atoms with Crippen LogP contribution in [-0.2, 0) is 14.8 Å². The second-order valence-electron chi connectivity index (χ2n) is 7.07. The first-order valence-corrected chi connectivity index (χ1v) is 12.5. The number of thiazole rings is 1. The van der Waals surface area contributed by atoms with Crippen molar-refractivity contribution in [3.8, 4) is 5.75 Å². The van der Waals surface area contributed by atoms with Crippen molar-refractivity contribution in [3.63, 3.8) is 0 Å². The van der Waals surface area contributed by atoms with Crippen molar-refractivity contribution >= 4 is 65.8 Å². The van der Waals surface area contributed by atoms with Gasteiger partial charge in [0.15, 0.2) is 5.13 Å². The number of rotatable bonds is 5. The highest BCUT2D eigenvalue weighted by Gasteiger charge is 2.32. The average molecular weight is 500 g/mol. The van der Waals surface area contributed by atoms with Gasteiger partial charge in [-0.3, -0.25) is 4.79 Å². The Hall–Kier alpha value is -1.91. The van der Waals surface area contributed by atoms with Crippen LogP contribution >= 0.6 is 34.5 Å². The van der Waals surface area contributed by atoms with Crippen molar-refractivity contribution in [2.45, 2.75) is 17.7 Å². The summed E-state index contributed by atoms with van der Waals surface area (Å²) >= 11 is 13.6. The van der Waals surface area contributed by atoms with Gasteiger partial charge in [0, 0.05) is 19.0 Å². The number of carbonyl (C=O) groups excluding carboxylic acids is 1. The SMILES string of the molecule is COc1ccc(S(=O)(=O)N2CCC(C(=O)Nc3nc4c(Cl)ccc(Cl)c4s3)CC2)cc1. The molecule has 2 aromatic carbocycles.